The van der Waals surface area contributed by atoms with E-state index in [2.05, 4.69) is 44.3 Å². The van der Waals surface area contributed by atoms with Gasteiger partial charge in [0, 0.05) is 6.54 Å². The van der Waals surface area contributed by atoms with Gasteiger partial charge < -0.3 is 5.32 Å². The zero-order chi connectivity index (χ0) is 10.8. The first kappa shape index (κ1) is 10.7. The molecule has 1 heteroatoms. The molecule has 0 aliphatic carbocycles. The zero-order valence-corrected chi connectivity index (χ0v) is 10.0. The molecule has 1 nitrogen and oxygen atoms in total. The van der Waals surface area contributed by atoms with Crippen molar-refractivity contribution in [3.05, 3.63) is 34.9 Å². The number of piperidine rings is 1. The van der Waals surface area contributed by atoms with Crippen molar-refractivity contribution in [3.63, 3.8) is 0 Å². The summed E-state index contributed by atoms with van der Waals surface area (Å²) in [6.07, 6.45) is 1.33. The van der Waals surface area contributed by atoms with Crippen molar-refractivity contribution in [1.82, 2.24) is 5.32 Å². The Hall–Kier alpha value is -0.820. The molecule has 2 rings (SSSR count). The molecule has 82 valence electrons. The van der Waals surface area contributed by atoms with Gasteiger partial charge in [0.05, 0.1) is 0 Å². The molecule has 1 aliphatic rings. The van der Waals surface area contributed by atoms with Crippen LogP contribution in [-0.4, -0.2) is 13.1 Å². The van der Waals surface area contributed by atoms with Gasteiger partial charge in [-0.2, -0.15) is 0 Å². The quantitative estimate of drug-likeness (QED) is 0.740. The van der Waals surface area contributed by atoms with E-state index in [1.165, 1.54) is 29.7 Å². The predicted molar refractivity (Wildman–Crippen MR) is 65.3 cm³/mol. The third kappa shape index (κ3) is 2.40. The van der Waals surface area contributed by atoms with Crippen LogP contribution in [0.5, 0.6) is 0 Å². The van der Waals surface area contributed by atoms with E-state index in [0.717, 1.165) is 12.5 Å². The minimum atomic E-state index is 0.716. The monoisotopic (exact) mass is 203 g/mol. The lowest BCUT2D eigenvalue weighted by Gasteiger charge is -2.28. The summed E-state index contributed by atoms with van der Waals surface area (Å²) in [4.78, 5) is 0. The molecule has 0 bridgehead atoms. The van der Waals surface area contributed by atoms with Crippen molar-refractivity contribution < 1.29 is 0 Å². The molecule has 0 radical (unpaired) electrons. The molecule has 0 saturated carbocycles. The van der Waals surface area contributed by atoms with Crippen molar-refractivity contribution in [2.75, 3.05) is 13.1 Å². The second-order valence-corrected chi connectivity index (χ2v) is 5.04. The Bertz CT molecular complexity index is 343. The minimum absolute atomic E-state index is 0.716. The van der Waals surface area contributed by atoms with Crippen LogP contribution in [0.2, 0.25) is 0 Å². The molecule has 1 heterocycles. The van der Waals surface area contributed by atoms with Crippen LogP contribution in [0, 0.1) is 19.8 Å². The molecule has 1 aliphatic heterocycles. The highest BCUT2D eigenvalue weighted by Gasteiger charge is 2.19. The molecule has 0 amide bonds. The molecule has 1 aromatic rings. The van der Waals surface area contributed by atoms with Crippen molar-refractivity contribution in [2.24, 2.45) is 5.92 Å². The molecule has 1 N–H and O–H groups in total. The lowest BCUT2D eigenvalue weighted by Crippen LogP contribution is -2.33. The van der Waals surface area contributed by atoms with Crippen LogP contribution in [0.25, 0.3) is 0 Å². The fraction of sp³-hybridized carbons (Fsp3) is 0.571. The van der Waals surface area contributed by atoms with Crippen LogP contribution >= 0.6 is 0 Å². The van der Waals surface area contributed by atoms with E-state index in [-0.39, 0.29) is 0 Å². The highest BCUT2D eigenvalue weighted by atomic mass is 14.9. The van der Waals surface area contributed by atoms with Crippen LogP contribution < -0.4 is 5.32 Å². The first-order valence-corrected chi connectivity index (χ1v) is 5.94. The third-order valence-electron chi connectivity index (χ3n) is 3.57. The van der Waals surface area contributed by atoms with Gasteiger partial charge >= 0.3 is 0 Å². The summed E-state index contributed by atoms with van der Waals surface area (Å²) in [5.41, 5.74) is 4.33. The van der Waals surface area contributed by atoms with E-state index < -0.39 is 0 Å². The van der Waals surface area contributed by atoms with Gasteiger partial charge in [0.15, 0.2) is 0 Å². The Morgan fingerprint density at radius 1 is 1.13 bits per heavy atom. The SMILES string of the molecule is Cc1ccc([C@H]2CNC[C@@H](C)C2)cc1C. The second kappa shape index (κ2) is 4.36. The van der Waals surface area contributed by atoms with Gasteiger partial charge in [-0.25, -0.2) is 0 Å². The fourth-order valence-electron chi connectivity index (χ4n) is 2.43. The van der Waals surface area contributed by atoms with Gasteiger partial charge in [0.25, 0.3) is 0 Å². The second-order valence-electron chi connectivity index (χ2n) is 5.04. The lowest BCUT2D eigenvalue weighted by atomic mass is 9.85. The number of aryl methyl sites for hydroxylation is 2. The average molecular weight is 203 g/mol. The van der Waals surface area contributed by atoms with E-state index >= 15 is 0 Å². The van der Waals surface area contributed by atoms with Gasteiger partial charge in [0.2, 0.25) is 0 Å². The van der Waals surface area contributed by atoms with E-state index in [0.29, 0.717) is 5.92 Å². The summed E-state index contributed by atoms with van der Waals surface area (Å²) in [6.45, 7) is 9.05. The maximum atomic E-state index is 3.52. The molecule has 1 aromatic carbocycles. The summed E-state index contributed by atoms with van der Waals surface area (Å²) in [6, 6.07) is 6.91. The van der Waals surface area contributed by atoms with Crippen LogP contribution in [0.4, 0.5) is 0 Å². The maximum absolute atomic E-state index is 3.52. The van der Waals surface area contributed by atoms with Gasteiger partial charge in [0.1, 0.15) is 0 Å². The number of rotatable bonds is 1. The van der Waals surface area contributed by atoms with Crippen LogP contribution in [-0.2, 0) is 0 Å². The smallest absolute Gasteiger partial charge is 0.00203 e. The largest absolute Gasteiger partial charge is 0.316 e. The molecule has 1 fully saturated rings. The molecule has 0 unspecified atom stereocenters. The van der Waals surface area contributed by atoms with Crippen molar-refractivity contribution in [1.29, 1.82) is 0 Å². The van der Waals surface area contributed by atoms with E-state index in [9.17, 15) is 0 Å². The van der Waals surface area contributed by atoms with Gasteiger partial charge in [-0.05, 0) is 55.3 Å². The highest BCUT2D eigenvalue weighted by molar-refractivity contribution is 5.32. The summed E-state index contributed by atoms with van der Waals surface area (Å²) in [7, 11) is 0. The first-order chi connectivity index (χ1) is 7.16. The topological polar surface area (TPSA) is 12.0 Å². The number of hydrogen-bond donors (Lipinski definition) is 1. The Labute approximate surface area is 92.9 Å². The van der Waals surface area contributed by atoms with Crippen LogP contribution in [0.3, 0.4) is 0 Å². The van der Waals surface area contributed by atoms with Gasteiger partial charge in [-0.3, -0.25) is 0 Å². The Balaban J connectivity index is 2.18. The summed E-state index contributed by atoms with van der Waals surface area (Å²) < 4.78 is 0. The molecule has 2 atom stereocenters. The standard InChI is InChI=1S/C14H21N/c1-10-6-14(9-15-8-10)13-5-4-11(2)12(3)7-13/h4-5,7,10,14-15H,6,8-9H2,1-3H3/t10-,14+/m0/s1. The van der Waals surface area contributed by atoms with Crippen LogP contribution in [0.15, 0.2) is 18.2 Å². The zero-order valence-electron chi connectivity index (χ0n) is 10.0. The number of hydrogen-bond acceptors (Lipinski definition) is 1. The van der Waals surface area contributed by atoms with E-state index in [4.69, 9.17) is 0 Å². The van der Waals surface area contributed by atoms with Crippen molar-refractivity contribution in [3.8, 4) is 0 Å². The van der Waals surface area contributed by atoms with Gasteiger partial charge in [-0.15, -0.1) is 0 Å². The molecule has 0 aromatic heterocycles. The Kier molecular flexibility index (Phi) is 3.11. The van der Waals surface area contributed by atoms with Crippen molar-refractivity contribution in [2.45, 2.75) is 33.1 Å². The fourth-order valence-corrected chi connectivity index (χ4v) is 2.43. The minimum Gasteiger partial charge on any atom is -0.316 e. The van der Waals surface area contributed by atoms with E-state index in [1.54, 1.807) is 0 Å². The predicted octanol–water partition coefficient (Wildman–Crippen LogP) is 3.02. The molecular weight excluding hydrogens is 182 g/mol. The molecular formula is C14H21N. The van der Waals surface area contributed by atoms with Gasteiger partial charge in [-0.1, -0.05) is 25.1 Å². The van der Waals surface area contributed by atoms with Crippen molar-refractivity contribution >= 4 is 0 Å². The highest BCUT2D eigenvalue weighted by Crippen LogP contribution is 2.27. The maximum Gasteiger partial charge on any atom is 0.00203 e. The molecule has 15 heavy (non-hydrogen) atoms. The Morgan fingerprint density at radius 3 is 2.60 bits per heavy atom. The third-order valence-corrected chi connectivity index (χ3v) is 3.57. The summed E-state index contributed by atoms with van der Waals surface area (Å²) in [5, 5.41) is 3.52. The summed E-state index contributed by atoms with van der Waals surface area (Å²) >= 11 is 0. The molecule has 1 saturated heterocycles. The average Bonchev–Trinajstić information content (AvgIpc) is 2.22. The molecule has 0 spiro atoms. The van der Waals surface area contributed by atoms with E-state index in [1.807, 2.05) is 0 Å². The number of nitrogens with one attached hydrogen (secondary N) is 1. The normalized spacial score (nSPS) is 26.6. The Morgan fingerprint density at radius 2 is 1.93 bits per heavy atom. The summed E-state index contributed by atoms with van der Waals surface area (Å²) in [5.74, 6) is 1.53. The number of benzene rings is 1. The van der Waals surface area contributed by atoms with Crippen LogP contribution in [0.1, 0.15) is 36.0 Å². The first-order valence-electron chi connectivity index (χ1n) is 5.94. The lowest BCUT2D eigenvalue weighted by molar-refractivity contribution is 0.364.